The number of ether oxygens (including phenoxy) is 3. The number of hydrogen-bond acceptors (Lipinski definition) is 5. The molecule has 1 aromatic heterocycles. The van der Waals surface area contributed by atoms with Crippen LogP contribution in [-0.4, -0.2) is 29.3 Å². The Balaban J connectivity index is 1.78. The second-order valence-corrected chi connectivity index (χ2v) is 5.44. The average molecular weight is 347 g/mol. The van der Waals surface area contributed by atoms with Gasteiger partial charge in [-0.3, -0.25) is 0 Å². The largest absolute Gasteiger partial charge is 0.586 e. The van der Waals surface area contributed by atoms with Crippen LogP contribution in [0.5, 0.6) is 11.5 Å². The lowest BCUT2D eigenvalue weighted by Crippen LogP contribution is -2.25. The highest BCUT2D eigenvalue weighted by molar-refractivity contribution is 5.96. The van der Waals surface area contributed by atoms with Crippen molar-refractivity contribution in [3.05, 3.63) is 48.2 Å². The van der Waals surface area contributed by atoms with Crippen molar-refractivity contribution in [2.75, 3.05) is 7.11 Å². The third-order valence-electron chi connectivity index (χ3n) is 3.91. The van der Waals surface area contributed by atoms with E-state index in [1.165, 1.54) is 25.3 Å². The summed E-state index contributed by atoms with van der Waals surface area (Å²) >= 11 is 0. The molecule has 6 nitrogen and oxygen atoms in total. The van der Waals surface area contributed by atoms with Crippen LogP contribution in [0.4, 0.5) is 8.78 Å². The van der Waals surface area contributed by atoms with Gasteiger partial charge < -0.3 is 19.4 Å². The zero-order valence-corrected chi connectivity index (χ0v) is 12.8. The number of methoxy groups -OCH3 is 1. The number of aromatic nitrogens is 1. The first-order valence-electron chi connectivity index (χ1n) is 7.21. The van der Waals surface area contributed by atoms with Gasteiger partial charge in [-0.1, -0.05) is 18.2 Å². The predicted molar refractivity (Wildman–Crippen MR) is 82.1 cm³/mol. The van der Waals surface area contributed by atoms with E-state index in [4.69, 9.17) is 0 Å². The Bertz CT molecular complexity index is 1010. The van der Waals surface area contributed by atoms with E-state index in [9.17, 15) is 18.8 Å². The minimum absolute atomic E-state index is 0.0139. The molecule has 0 fully saturated rings. The number of halogens is 2. The fraction of sp³-hybridized carbons (Fsp3) is 0.118. The minimum Gasteiger partial charge on any atom is -0.464 e. The molecule has 1 aliphatic rings. The van der Waals surface area contributed by atoms with Crippen molar-refractivity contribution in [3.63, 3.8) is 0 Å². The van der Waals surface area contributed by atoms with Crippen molar-refractivity contribution in [2.45, 2.75) is 6.29 Å². The maximum Gasteiger partial charge on any atom is 0.586 e. The van der Waals surface area contributed by atoms with E-state index in [2.05, 4.69) is 14.2 Å². The maximum absolute atomic E-state index is 13.1. The highest BCUT2D eigenvalue weighted by Crippen LogP contribution is 2.43. The number of nitrogens with zero attached hydrogens (tertiary/aromatic N) is 1. The van der Waals surface area contributed by atoms with Gasteiger partial charge in [-0.2, -0.15) is 4.73 Å². The van der Waals surface area contributed by atoms with Crippen molar-refractivity contribution in [3.8, 4) is 22.6 Å². The van der Waals surface area contributed by atoms with Crippen LogP contribution < -0.4 is 9.47 Å². The Labute approximate surface area is 139 Å². The van der Waals surface area contributed by atoms with Crippen molar-refractivity contribution in [1.82, 2.24) is 4.73 Å². The summed E-state index contributed by atoms with van der Waals surface area (Å²) in [7, 11) is 1.22. The van der Waals surface area contributed by atoms with E-state index in [1.54, 1.807) is 24.3 Å². The smallest absolute Gasteiger partial charge is 0.464 e. The molecule has 8 heteroatoms. The zero-order chi connectivity index (χ0) is 17.8. The van der Waals surface area contributed by atoms with Gasteiger partial charge >= 0.3 is 12.3 Å². The monoisotopic (exact) mass is 347 g/mol. The fourth-order valence-corrected chi connectivity index (χ4v) is 2.75. The molecule has 0 amide bonds. The lowest BCUT2D eigenvalue weighted by Gasteiger charge is -2.05. The van der Waals surface area contributed by atoms with Gasteiger partial charge in [0.2, 0.25) is 0 Å². The molecule has 0 aliphatic carbocycles. The van der Waals surface area contributed by atoms with E-state index < -0.39 is 12.3 Å². The molecule has 0 radical (unpaired) electrons. The molecule has 1 N–H and O–H groups in total. The summed E-state index contributed by atoms with van der Waals surface area (Å²) in [5.74, 6) is -0.795. The molecular weight excluding hydrogens is 336 g/mol. The molecule has 0 saturated heterocycles. The van der Waals surface area contributed by atoms with Crippen LogP contribution in [-0.2, 0) is 4.74 Å². The maximum atomic E-state index is 13.1. The molecule has 2 aromatic carbocycles. The summed E-state index contributed by atoms with van der Waals surface area (Å²) in [5, 5.41) is 10.8. The Morgan fingerprint density at radius 3 is 2.52 bits per heavy atom. The van der Waals surface area contributed by atoms with Crippen molar-refractivity contribution < 1.29 is 33.0 Å². The average Bonchev–Trinajstić information content (AvgIpc) is 3.08. The van der Waals surface area contributed by atoms with Crippen LogP contribution in [0.3, 0.4) is 0 Å². The molecule has 2 heterocycles. The highest BCUT2D eigenvalue weighted by Gasteiger charge is 2.43. The molecule has 1 aliphatic heterocycles. The second-order valence-electron chi connectivity index (χ2n) is 5.44. The topological polar surface area (TPSA) is 69.9 Å². The lowest BCUT2D eigenvalue weighted by molar-refractivity contribution is -0.286. The Kier molecular flexibility index (Phi) is 3.11. The van der Waals surface area contributed by atoms with Crippen LogP contribution in [0.15, 0.2) is 42.5 Å². The van der Waals surface area contributed by atoms with Gasteiger partial charge in [-0.25, -0.2) is 4.79 Å². The Morgan fingerprint density at radius 1 is 1.08 bits per heavy atom. The van der Waals surface area contributed by atoms with Crippen LogP contribution in [0.25, 0.3) is 22.0 Å². The summed E-state index contributed by atoms with van der Waals surface area (Å²) in [6.45, 7) is 0. The number of alkyl halides is 2. The summed E-state index contributed by atoms with van der Waals surface area (Å²) in [6, 6.07) is 10.9. The summed E-state index contributed by atoms with van der Waals surface area (Å²) in [6.07, 6.45) is -3.68. The fourth-order valence-electron chi connectivity index (χ4n) is 2.75. The quantitative estimate of drug-likeness (QED) is 0.566. The van der Waals surface area contributed by atoms with Crippen LogP contribution in [0.2, 0.25) is 0 Å². The van der Waals surface area contributed by atoms with E-state index in [-0.39, 0.29) is 17.2 Å². The SMILES string of the molecule is COC(=O)c1cc2ccc(-c3ccc4c(c3)OC(F)(F)O4)cc2n1O. The molecule has 4 rings (SSSR count). The summed E-state index contributed by atoms with van der Waals surface area (Å²) < 4.78 is 40.4. The number of rotatable bonds is 2. The normalized spacial score (nSPS) is 14.7. The van der Waals surface area contributed by atoms with Crippen LogP contribution >= 0.6 is 0 Å². The standard InChI is InChI=1S/C17H11F2NO5/c1-23-16(21)13-7-11-3-2-9(6-12(11)20(13)22)10-4-5-14-15(8-10)25-17(18,19)24-14/h2-8,22H,1H3. The van der Waals surface area contributed by atoms with Crippen LogP contribution in [0.1, 0.15) is 10.5 Å². The van der Waals surface area contributed by atoms with Gasteiger partial charge in [0.15, 0.2) is 17.2 Å². The molecule has 3 aromatic rings. The molecule has 0 spiro atoms. The van der Waals surface area contributed by atoms with Gasteiger partial charge in [0.05, 0.1) is 12.6 Å². The second kappa shape index (κ2) is 5.10. The summed E-state index contributed by atoms with van der Waals surface area (Å²) in [4.78, 5) is 11.6. The van der Waals surface area contributed by atoms with Gasteiger partial charge in [0.25, 0.3) is 0 Å². The molecular formula is C17H11F2NO5. The van der Waals surface area contributed by atoms with E-state index in [1.807, 2.05) is 0 Å². The lowest BCUT2D eigenvalue weighted by atomic mass is 10.0. The number of esters is 1. The van der Waals surface area contributed by atoms with Gasteiger partial charge in [-0.15, -0.1) is 8.78 Å². The first-order valence-corrected chi connectivity index (χ1v) is 7.21. The van der Waals surface area contributed by atoms with Crippen molar-refractivity contribution >= 4 is 16.9 Å². The molecule has 128 valence electrons. The molecule has 0 unspecified atom stereocenters. The Hall–Kier alpha value is -3.29. The third-order valence-corrected chi connectivity index (χ3v) is 3.91. The molecule has 0 bridgehead atoms. The van der Waals surface area contributed by atoms with Crippen LogP contribution in [0, 0.1) is 0 Å². The number of benzene rings is 2. The minimum atomic E-state index is -3.68. The first-order chi connectivity index (χ1) is 11.9. The summed E-state index contributed by atoms with van der Waals surface area (Å²) in [5.41, 5.74) is 1.59. The van der Waals surface area contributed by atoms with Gasteiger partial charge in [-0.05, 0) is 35.4 Å². The Morgan fingerprint density at radius 2 is 1.76 bits per heavy atom. The molecule has 0 atom stereocenters. The van der Waals surface area contributed by atoms with E-state index in [0.717, 1.165) is 4.73 Å². The van der Waals surface area contributed by atoms with Gasteiger partial charge in [0, 0.05) is 5.39 Å². The van der Waals surface area contributed by atoms with E-state index >= 15 is 0 Å². The van der Waals surface area contributed by atoms with E-state index in [0.29, 0.717) is 22.0 Å². The first kappa shape index (κ1) is 15.3. The predicted octanol–water partition coefficient (Wildman–Crippen LogP) is 3.65. The van der Waals surface area contributed by atoms with Crippen molar-refractivity contribution in [1.29, 1.82) is 0 Å². The number of hydrogen-bond donors (Lipinski definition) is 1. The number of fused-ring (bicyclic) bond motifs is 2. The number of carbonyl (C=O) groups is 1. The zero-order valence-electron chi connectivity index (χ0n) is 12.8. The van der Waals surface area contributed by atoms with Gasteiger partial charge in [0.1, 0.15) is 0 Å². The molecule has 25 heavy (non-hydrogen) atoms. The number of carbonyl (C=O) groups excluding carboxylic acids is 1. The molecule has 0 saturated carbocycles. The van der Waals surface area contributed by atoms with Crippen molar-refractivity contribution in [2.24, 2.45) is 0 Å². The third kappa shape index (κ3) is 2.42. The highest BCUT2D eigenvalue weighted by atomic mass is 19.3.